The van der Waals surface area contributed by atoms with Crippen molar-refractivity contribution in [2.24, 2.45) is 5.92 Å². The summed E-state index contributed by atoms with van der Waals surface area (Å²) in [6, 6.07) is 5.55. The first-order chi connectivity index (χ1) is 8.69. The van der Waals surface area contributed by atoms with Crippen molar-refractivity contribution in [1.29, 1.82) is 5.26 Å². The Balaban J connectivity index is 1.92. The van der Waals surface area contributed by atoms with Gasteiger partial charge in [-0.3, -0.25) is 4.79 Å². The first-order valence-electron chi connectivity index (χ1n) is 6.59. The number of nitrogens with one attached hydrogen (secondary N) is 2. The maximum atomic E-state index is 12.0. The molecule has 0 aromatic carbocycles. The van der Waals surface area contributed by atoms with E-state index in [4.69, 9.17) is 5.26 Å². The summed E-state index contributed by atoms with van der Waals surface area (Å²) in [5, 5.41) is 11.8. The van der Waals surface area contributed by atoms with Crippen LogP contribution in [0.25, 0.3) is 0 Å². The molecule has 1 amide bonds. The molecule has 0 radical (unpaired) electrons. The zero-order chi connectivity index (χ0) is 13.0. The van der Waals surface area contributed by atoms with E-state index < -0.39 is 0 Å². The highest BCUT2D eigenvalue weighted by Gasteiger charge is 2.19. The Kier molecular flexibility index (Phi) is 4.03. The molecule has 4 heteroatoms. The minimum absolute atomic E-state index is 0.101. The standard InChI is InChI=1S/C14H19N3O/c1-10-3-2-4-11(6-5-10)17-14(18)13-8-7-12(9-15)16-13/h7-8,10-11,16H,2-6H2,1H3,(H,17,18). The number of carbonyl (C=O) groups is 1. The van der Waals surface area contributed by atoms with Crippen LogP contribution >= 0.6 is 0 Å². The highest BCUT2D eigenvalue weighted by Crippen LogP contribution is 2.22. The third kappa shape index (κ3) is 3.13. The molecule has 4 nitrogen and oxygen atoms in total. The number of nitrogens with zero attached hydrogens (tertiary/aromatic N) is 1. The van der Waals surface area contributed by atoms with Crippen LogP contribution in [0, 0.1) is 17.2 Å². The van der Waals surface area contributed by atoms with Gasteiger partial charge in [-0.15, -0.1) is 0 Å². The summed E-state index contributed by atoms with van der Waals surface area (Å²) in [5.41, 5.74) is 0.901. The molecule has 1 aromatic heterocycles. The smallest absolute Gasteiger partial charge is 0.267 e. The summed E-state index contributed by atoms with van der Waals surface area (Å²) in [4.78, 5) is 14.8. The predicted octanol–water partition coefficient (Wildman–Crippen LogP) is 2.58. The Morgan fingerprint density at radius 3 is 2.94 bits per heavy atom. The maximum absolute atomic E-state index is 12.0. The Morgan fingerprint density at radius 2 is 2.22 bits per heavy atom. The van der Waals surface area contributed by atoms with E-state index in [0.717, 1.165) is 18.8 Å². The molecule has 18 heavy (non-hydrogen) atoms. The number of H-pyrrole nitrogens is 1. The van der Waals surface area contributed by atoms with Crippen molar-refractivity contribution in [2.75, 3.05) is 0 Å². The van der Waals surface area contributed by atoms with Crippen molar-refractivity contribution in [3.8, 4) is 6.07 Å². The molecule has 0 saturated heterocycles. The van der Waals surface area contributed by atoms with Crippen LogP contribution in [0.15, 0.2) is 12.1 Å². The molecule has 2 N–H and O–H groups in total. The van der Waals surface area contributed by atoms with Gasteiger partial charge in [0, 0.05) is 6.04 Å². The van der Waals surface area contributed by atoms with Crippen LogP contribution in [0.3, 0.4) is 0 Å². The van der Waals surface area contributed by atoms with E-state index in [-0.39, 0.29) is 11.9 Å². The van der Waals surface area contributed by atoms with Gasteiger partial charge in [0.1, 0.15) is 17.5 Å². The van der Waals surface area contributed by atoms with Gasteiger partial charge in [-0.1, -0.05) is 19.8 Å². The number of aromatic nitrogens is 1. The van der Waals surface area contributed by atoms with Crippen LogP contribution in [0.5, 0.6) is 0 Å². The summed E-state index contributed by atoms with van der Waals surface area (Å²) in [7, 11) is 0. The molecule has 0 aliphatic heterocycles. The summed E-state index contributed by atoms with van der Waals surface area (Å²) in [6.07, 6.45) is 5.73. The van der Waals surface area contributed by atoms with Gasteiger partial charge < -0.3 is 10.3 Å². The van der Waals surface area contributed by atoms with Gasteiger partial charge in [0.25, 0.3) is 5.91 Å². The normalized spacial score (nSPS) is 24.0. The van der Waals surface area contributed by atoms with Crippen molar-refractivity contribution in [1.82, 2.24) is 10.3 Å². The lowest BCUT2D eigenvalue weighted by Gasteiger charge is -2.15. The molecular weight excluding hydrogens is 226 g/mol. The number of rotatable bonds is 2. The van der Waals surface area contributed by atoms with E-state index >= 15 is 0 Å². The minimum atomic E-state index is -0.101. The van der Waals surface area contributed by atoms with E-state index in [2.05, 4.69) is 17.2 Å². The van der Waals surface area contributed by atoms with Gasteiger partial charge in [0.15, 0.2) is 0 Å². The van der Waals surface area contributed by atoms with Crippen LogP contribution in [0.2, 0.25) is 0 Å². The molecule has 2 atom stereocenters. The maximum Gasteiger partial charge on any atom is 0.267 e. The van der Waals surface area contributed by atoms with E-state index in [0.29, 0.717) is 11.4 Å². The average Bonchev–Trinajstić information content (AvgIpc) is 2.76. The quantitative estimate of drug-likeness (QED) is 0.786. The van der Waals surface area contributed by atoms with E-state index in [1.165, 1.54) is 19.3 Å². The fourth-order valence-corrected chi connectivity index (χ4v) is 2.49. The second-order valence-corrected chi connectivity index (χ2v) is 5.18. The molecule has 1 aliphatic carbocycles. The SMILES string of the molecule is CC1CCCC(NC(=O)c2ccc(C#N)[nH]2)CC1. The lowest BCUT2D eigenvalue weighted by Crippen LogP contribution is -2.34. The van der Waals surface area contributed by atoms with Crippen molar-refractivity contribution >= 4 is 5.91 Å². The molecule has 1 heterocycles. The second kappa shape index (κ2) is 5.72. The van der Waals surface area contributed by atoms with Crippen molar-refractivity contribution < 1.29 is 4.79 Å². The van der Waals surface area contributed by atoms with Gasteiger partial charge in [-0.25, -0.2) is 0 Å². The summed E-state index contributed by atoms with van der Waals surface area (Å²) in [5.74, 6) is 0.665. The zero-order valence-corrected chi connectivity index (χ0v) is 10.7. The van der Waals surface area contributed by atoms with E-state index in [1.54, 1.807) is 12.1 Å². The van der Waals surface area contributed by atoms with Crippen LogP contribution in [-0.4, -0.2) is 16.9 Å². The summed E-state index contributed by atoms with van der Waals surface area (Å²) < 4.78 is 0. The Hall–Kier alpha value is -1.76. The lowest BCUT2D eigenvalue weighted by atomic mass is 10.0. The Labute approximate surface area is 107 Å². The molecule has 1 fully saturated rings. The monoisotopic (exact) mass is 245 g/mol. The number of amides is 1. The number of carbonyl (C=O) groups excluding carboxylic acids is 1. The first-order valence-corrected chi connectivity index (χ1v) is 6.59. The average molecular weight is 245 g/mol. The number of nitriles is 1. The molecular formula is C14H19N3O. The largest absolute Gasteiger partial charge is 0.348 e. The molecule has 1 aliphatic rings. The van der Waals surface area contributed by atoms with Gasteiger partial charge in [-0.05, 0) is 37.3 Å². The van der Waals surface area contributed by atoms with Gasteiger partial charge in [-0.2, -0.15) is 5.26 Å². The highest BCUT2D eigenvalue weighted by molar-refractivity contribution is 5.92. The third-order valence-corrected chi connectivity index (χ3v) is 3.64. The number of aromatic amines is 1. The van der Waals surface area contributed by atoms with Gasteiger partial charge in [0.05, 0.1) is 0 Å². The molecule has 96 valence electrons. The predicted molar refractivity (Wildman–Crippen MR) is 69.0 cm³/mol. The molecule has 2 unspecified atom stereocenters. The van der Waals surface area contributed by atoms with Crippen LogP contribution in [0.4, 0.5) is 0 Å². The number of hydrogen-bond acceptors (Lipinski definition) is 2. The van der Waals surface area contributed by atoms with Crippen LogP contribution < -0.4 is 5.32 Å². The Morgan fingerprint density at radius 1 is 1.39 bits per heavy atom. The molecule has 1 saturated carbocycles. The fourth-order valence-electron chi connectivity index (χ4n) is 2.49. The minimum Gasteiger partial charge on any atom is -0.348 e. The first kappa shape index (κ1) is 12.7. The molecule has 0 bridgehead atoms. The second-order valence-electron chi connectivity index (χ2n) is 5.18. The van der Waals surface area contributed by atoms with Crippen LogP contribution in [-0.2, 0) is 0 Å². The Bertz CT molecular complexity index is 458. The fraction of sp³-hybridized carbons (Fsp3) is 0.571. The van der Waals surface area contributed by atoms with E-state index in [1.807, 2.05) is 6.07 Å². The molecule has 2 rings (SSSR count). The lowest BCUT2D eigenvalue weighted by molar-refractivity contribution is 0.0928. The summed E-state index contributed by atoms with van der Waals surface area (Å²) in [6.45, 7) is 2.27. The summed E-state index contributed by atoms with van der Waals surface area (Å²) >= 11 is 0. The van der Waals surface area contributed by atoms with Crippen molar-refractivity contribution in [3.05, 3.63) is 23.5 Å². The van der Waals surface area contributed by atoms with Gasteiger partial charge >= 0.3 is 0 Å². The van der Waals surface area contributed by atoms with Crippen LogP contribution in [0.1, 0.15) is 55.2 Å². The molecule has 1 aromatic rings. The molecule has 0 spiro atoms. The number of hydrogen-bond donors (Lipinski definition) is 2. The third-order valence-electron chi connectivity index (χ3n) is 3.64. The van der Waals surface area contributed by atoms with E-state index in [9.17, 15) is 4.79 Å². The van der Waals surface area contributed by atoms with Gasteiger partial charge in [0.2, 0.25) is 0 Å². The zero-order valence-electron chi connectivity index (χ0n) is 10.7. The highest BCUT2D eigenvalue weighted by atomic mass is 16.1. The van der Waals surface area contributed by atoms with Crippen molar-refractivity contribution in [3.63, 3.8) is 0 Å². The van der Waals surface area contributed by atoms with Crippen molar-refractivity contribution in [2.45, 2.75) is 45.1 Å². The topological polar surface area (TPSA) is 68.7 Å².